The molecule has 3 aromatic heterocycles. The Bertz CT molecular complexity index is 4040. The maximum Gasteiger partial charge on any atom is 1.00 e. The Hall–Kier alpha value is -7.82. The molecule has 438 valence electrons. The summed E-state index contributed by atoms with van der Waals surface area (Å²) in [5.41, 5.74) is 10.6. The van der Waals surface area contributed by atoms with Crippen LogP contribution in [0.5, 0.6) is 0 Å². The van der Waals surface area contributed by atoms with Crippen LogP contribution < -0.4 is 67.3 Å². The third kappa shape index (κ3) is 16.3. The van der Waals surface area contributed by atoms with E-state index in [1.807, 2.05) is 80.6 Å². The van der Waals surface area contributed by atoms with Crippen molar-refractivity contribution in [3.63, 3.8) is 0 Å². The molecule has 0 radical (unpaired) electrons. The standard InChI is InChI=1S/C22H27NO6.C20H26N2O8S.C20H15NO2.Na/c1-5-28-20(26)16-10-14-9-15-13(2)12-22(3,4)23(8-6-7-19(24)25)17(15)11-18(14)29-21(16)27;1-2-22(10-5-3-4-6-18(23)24)15-8-7-14-12-16(20(26)30-17(14)13-15)19(25)21-9-11-31(27,28)29;1-12-17-11-14(21)9-10-18(17)23-20(22)19(12)16-8-4-6-13-5-2-3-7-15(13)16;/h9-11,13H,5-8,12H2,1-4H3,(H,24,25);7-8,12-13H,2-6,9-11H2,1H3,(H,21,25)(H,23,24)(H,27,28,29);2-11H,21H2,1H3;/q;;;+1/p-1. The van der Waals surface area contributed by atoms with Crippen molar-refractivity contribution in [1.29, 1.82) is 0 Å². The van der Waals surface area contributed by atoms with Crippen LogP contribution in [0.15, 0.2) is 131 Å². The zero-order valence-corrected chi connectivity index (χ0v) is 50.9. The number of aliphatic carboxylic acids is 2. The second-order valence-electron chi connectivity index (χ2n) is 20.8. The summed E-state index contributed by atoms with van der Waals surface area (Å²) in [6.45, 7) is 13.8. The van der Waals surface area contributed by atoms with Crippen LogP contribution in [0.3, 0.4) is 0 Å². The molecule has 1 amide bonds. The first-order valence-electron chi connectivity index (χ1n) is 27.3. The molecule has 9 rings (SSSR count). The maximum atomic E-state index is 12.6. The number of hydrogen-bond acceptors (Lipinski definition) is 17. The van der Waals surface area contributed by atoms with Gasteiger partial charge in [-0.1, -0.05) is 55.8 Å². The number of benzene rings is 5. The van der Waals surface area contributed by atoms with Gasteiger partial charge in [-0.3, -0.25) is 14.4 Å². The Kier molecular flexibility index (Phi) is 22.3. The quantitative estimate of drug-likeness (QED) is 0.0158. The van der Waals surface area contributed by atoms with Gasteiger partial charge in [-0.25, -0.2) is 27.6 Å². The summed E-state index contributed by atoms with van der Waals surface area (Å²) < 4.78 is 53.0. The number of carbonyl (C=O) groups excluding carboxylic acids is 2. The van der Waals surface area contributed by atoms with Gasteiger partial charge in [0.05, 0.1) is 28.0 Å². The number of aryl methyl sites for hydroxylation is 1. The van der Waals surface area contributed by atoms with Gasteiger partial charge in [0.25, 0.3) is 5.91 Å². The molecule has 4 heterocycles. The van der Waals surface area contributed by atoms with Gasteiger partial charge in [0.2, 0.25) is 0 Å². The number of hydrogen-bond donors (Lipinski definition) is 4. The molecular formula is C62H67N4NaO16S. The molecule has 1 atom stereocenters. The van der Waals surface area contributed by atoms with E-state index in [0.717, 1.165) is 70.0 Å². The Balaban J connectivity index is 0.000000203. The van der Waals surface area contributed by atoms with E-state index in [0.29, 0.717) is 64.7 Å². The Labute approximate surface area is 506 Å². The molecule has 0 saturated carbocycles. The predicted octanol–water partition coefficient (Wildman–Crippen LogP) is 6.97. The summed E-state index contributed by atoms with van der Waals surface area (Å²) in [7, 11) is -4.47. The number of nitrogen functional groups attached to an aromatic ring is 1. The van der Waals surface area contributed by atoms with E-state index in [4.69, 9.17) is 33.9 Å². The van der Waals surface area contributed by atoms with Gasteiger partial charge in [0.15, 0.2) is 0 Å². The number of anilines is 3. The predicted molar refractivity (Wildman–Crippen MR) is 318 cm³/mol. The average molecular weight is 1180 g/mol. The number of nitrogens with two attached hydrogens (primary N) is 1. The number of unbranched alkanes of at least 4 members (excludes halogenated alkanes) is 2. The van der Waals surface area contributed by atoms with Crippen LogP contribution in [0, 0.1) is 6.92 Å². The molecule has 0 bridgehead atoms. The van der Waals surface area contributed by atoms with Gasteiger partial charge in [0, 0.05) is 89.9 Å². The summed E-state index contributed by atoms with van der Waals surface area (Å²) in [5.74, 6) is -3.64. The van der Waals surface area contributed by atoms with Gasteiger partial charge in [0.1, 0.15) is 27.9 Å². The molecule has 1 aliphatic heterocycles. The largest absolute Gasteiger partial charge is 1.00 e. The molecule has 5 N–H and O–H groups in total. The minimum absolute atomic E-state index is 0. The first-order valence-corrected chi connectivity index (χ1v) is 28.8. The van der Waals surface area contributed by atoms with E-state index in [2.05, 4.69) is 35.9 Å². The van der Waals surface area contributed by atoms with Gasteiger partial charge in [-0.15, -0.1) is 0 Å². The summed E-state index contributed by atoms with van der Waals surface area (Å²) >= 11 is 0. The van der Waals surface area contributed by atoms with Crippen molar-refractivity contribution in [2.45, 2.75) is 97.9 Å². The van der Waals surface area contributed by atoms with Crippen molar-refractivity contribution in [3.05, 3.63) is 157 Å². The van der Waals surface area contributed by atoms with Crippen LogP contribution >= 0.6 is 0 Å². The number of fused-ring (bicyclic) bond motifs is 5. The van der Waals surface area contributed by atoms with Crippen molar-refractivity contribution >= 4 is 94.7 Å². The third-order valence-corrected chi connectivity index (χ3v) is 15.1. The van der Waals surface area contributed by atoms with Crippen LogP contribution in [-0.4, -0.2) is 91.1 Å². The normalized spacial score (nSPS) is 13.4. The Morgan fingerprint density at radius 1 is 0.762 bits per heavy atom. The van der Waals surface area contributed by atoms with Gasteiger partial charge >= 0.3 is 64.3 Å². The Morgan fingerprint density at radius 2 is 1.42 bits per heavy atom. The number of carboxylic acids is 2. The SMILES string of the molecule is CCN(CCCCCC(=O)O)c1ccc2cc(C(=O)NCCS(=O)(=O)[O-])c(=O)oc2c1.CCOC(=O)c1cc2cc3c(cc2oc1=O)N(CCCC(=O)O)C(C)(C)CC3C.Cc1c(-c2cccc3ccccc23)c(=O)oc2ccc(N)cc12.[Na+]. The van der Waals surface area contributed by atoms with E-state index in [-0.39, 0.29) is 77.2 Å². The fourth-order valence-electron chi connectivity index (χ4n) is 10.4. The van der Waals surface area contributed by atoms with Crippen LogP contribution in [0.25, 0.3) is 54.8 Å². The minimum Gasteiger partial charge on any atom is -0.748 e. The fraction of sp³-hybridized carbons (Fsp3) is 0.339. The molecule has 0 aliphatic carbocycles. The van der Waals surface area contributed by atoms with Crippen molar-refractivity contribution < 1.29 is 89.9 Å². The molecule has 84 heavy (non-hydrogen) atoms. The van der Waals surface area contributed by atoms with E-state index >= 15 is 0 Å². The maximum absolute atomic E-state index is 12.6. The molecule has 0 saturated heterocycles. The van der Waals surface area contributed by atoms with E-state index in [9.17, 15) is 46.5 Å². The first kappa shape index (κ1) is 65.3. The fourth-order valence-corrected chi connectivity index (χ4v) is 10.8. The van der Waals surface area contributed by atoms with E-state index in [1.165, 1.54) is 12.1 Å². The number of carboxylic acid groups (broad SMARTS) is 2. The van der Waals surface area contributed by atoms with E-state index < -0.39 is 57.5 Å². The Morgan fingerprint density at radius 3 is 2.11 bits per heavy atom. The molecule has 1 unspecified atom stereocenters. The molecule has 5 aromatic carbocycles. The van der Waals surface area contributed by atoms with Crippen LogP contribution in [-0.2, 0) is 24.4 Å². The summed E-state index contributed by atoms with van der Waals surface area (Å²) in [4.78, 5) is 87.0. The van der Waals surface area contributed by atoms with Crippen LogP contribution in [0.4, 0.5) is 17.1 Å². The summed E-state index contributed by atoms with van der Waals surface area (Å²) in [5, 5.41) is 24.1. The summed E-state index contributed by atoms with van der Waals surface area (Å²) in [6, 6.07) is 31.2. The number of ether oxygens (including phenoxy) is 1. The topological polar surface area (TPSA) is 310 Å². The zero-order chi connectivity index (χ0) is 60.3. The van der Waals surface area contributed by atoms with Gasteiger partial charge in [-0.05, 0) is 142 Å². The minimum atomic E-state index is -4.47. The molecule has 1 aliphatic rings. The molecule has 0 fully saturated rings. The second kappa shape index (κ2) is 28.6. The number of amides is 1. The van der Waals surface area contributed by atoms with Crippen molar-refractivity contribution in [2.24, 2.45) is 0 Å². The molecule has 0 spiro atoms. The number of carbonyl (C=O) groups is 4. The average Bonchev–Trinajstić information content (AvgIpc) is 1.11. The second-order valence-corrected chi connectivity index (χ2v) is 22.4. The smallest absolute Gasteiger partial charge is 0.748 e. The zero-order valence-electron chi connectivity index (χ0n) is 48.1. The van der Waals surface area contributed by atoms with Gasteiger partial charge < -0.3 is 53.6 Å². The first-order chi connectivity index (χ1) is 39.4. The third-order valence-electron chi connectivity index (χ3n) is 14.4. The molecule has 20 nitrogen and oxygen atoms in total. The number of esters is 1. The van der Waals surface area contributed by atoms with Crippen LogP contribution in [0.2, 0.25) is 0 Å². The number of nitrogens with one attached hydrogen (secondary N) is 1. The number of rotatable bonds is 19. The molecule has 22 heteroatoms. The summed E-state index contributed by atoms with van der Waals surface area (Å²) in [6.07, 6.45) is 3.90. The monoisotopic (exact) mass is 1180 g/mol. The molecule has 8 aromatic rings. The number of nitrogens with zero attached hydrogens (tertiary/aromatic N) is 2. The van der Waals surface area contributed by atoms with Crippen molar-refractivity contribution in [3.8, 4) is 11.1 Å². The van der Waals surface area contributed by atoms with Gasteiger partial charge in [-0.2, -0.15) is 0 Å². The molecular weight excluding hydrogens is 1110 g/mol. The van der Waals surface area contributed by atoms with Crippen LogP contribution in [0.1, 0.15) is 117 Å². The van der Waals surface area contributed by atoms with Crippen molar-refractivity contribution in [2.75, 3.05) is 54.1 Å². The van der Waals surface area contributed by atoms with E-state index in [1.54, 1.807) is 31.2 Å². The van der Waals surface area contributed by atoms with Crippen molar-refractivity contribution in [1.82, 2.24) is 5.32 Å².